The molecule has 3 N–H and O–H groups in total. The molecule has 0 aliphatic carbocycles. The number of nitrogens with one attached hydrogen (secondary N) is 1. The molecule has 0 fully saturated rings. The van der Waals surface area contributed by atoms with E-state index in [1.807, 2.05) is 6.08 Å². The topological polar surface area (TPSA) is 95.9 Å². The molecule has 0 heterocycles. The van der Waals surface area contributed by atoms with E-state index in [0.29, 0.717) is 19.4 Å². The summed E-state index contributed by atoms with van der Waals surface area (Å²) in [5.41, 5.74) is 0. The van der Waals surface area contributed by atoms with Gasteiger partial charge in [0, 0.05) is 12.8 Å². The van der Waals surface area contributed by atoms with E-state index in [2.05, 4.69) is 31.3 Å². The molecule has 6 nitrogen and oxygen atoms in total. The first kappa shape index (κ1) is 75.3. The Labute approximate surface area is 481 Å². The van der Waals surface area contributed by atoms with E-state index in [-0.39, 0.29) is 18.5 Å². The van der Waals surface area contributed by atoms with Crippen molar-refractivity contribution in [1.82, 2.24) is 5.32 Å². The number of aliphatic hydroxyl groups excluding tert-OH is 2. The van der Waals surface area contributed by atoms with Crippen LogP contribution in [0.25, 0.3) is 0 Å². The van der Waals surface area contributed by atoms with Gasteiger partial charge in [-0.15, -0.1) is 0 Å². The SMILES string of the molecule is CCCCCCCCCCCCCCCCCCCCCCCCC/C=C/C(O)C(CO)NC(=O)CCCCCCCCC/C=C\CCCCCCCCCCCCOC(=O)CCCCCCCCCCCCCCCC. The highest BCUT2D eigenvalue weighted by atomic mass is 16.5. The van der Waals surface area contributed by atoms with Crippen LogP contribution in [0.1, 0.15) is 393 Å². The molecule has 0 saturated heterocycles. The molecule has 0 aliphatic rings. The molecule has 0 bridgehead atoms. The van der Waals surface area contributed by atoms with E-state index in [1.165, 1.54) is 321 Å². The van der Waals surface area contributed by atoms with E-state index in [4.69, 9.17) is 4.74 Å². The van der Waals surface area contributed by atoms with Gasteiger partial charge in [0.2, 0.25) is 5.91 Å². The zero-order valence-corrected chi connectivity index (χ0v) is 52.2. The third kappa shape index (κ3) is 63.4. The van der Waals surface area contributed by atoms with E-state index in [9.17, 15) is 19.8 Å². The standard InChI is InChI=1S/C71H137NO5/c1-3-5-7-9-11-13-15-17-19-20-21-22-23-24-25-27-30-33-36-39-43-47-51-55-59-63-69(74)68(67-73)72-70(75)64-60-56-52-48-44-40-37-34-31-28-26-29-32-35-38-42-46-50-54-58-62-66-77-71(76)65-61-57-53-49-45-41-18-16-14-12-10-8-6-4-2/h28,31,59,63,68-69,73-74H,3-27,29-30,32-58,60-62,64-67H2,1-2H3,(H,72,75)/b31-28-,63-59+. The number of ether oxygens (including phenoxy) is 1. The number of rotatable bonds is 66. The predicted octanol–water partition coefficient (Wildman–Crippen LogP) is 22.5. The Hall–Kier alpha value is -1.66. The van der Waals surface area contributed by atoms with Gasteiger partial charge in [0.15, 0.2) is 0 Å². The molecule has 456 valence electrons. The zero-order valence-electron chi connectivity index (χ0n) is 52.2. The third-order valence-corrected chi connectivity index (χ3v) is 16.5. The molecular formula is C71H137NO5. The van der Waals surface area contributed by atoms with Crippen LogP contribution >= 0.6 is 0 Å². The lowest BCUT2D eigenvalue weighted by atomic mass is 10.0. The maximum Gasteiger partial charge on any atom is 0.305 e. The first-order chi connectivity index (χ1) is 38.0. The van der Waals surface area contributed by atoms with Crippen molar-refractivity contribution in [1.29, 1.82) is 0 Å². The third-order valence-electron chi connectivity index (χ3n) is 16.5. The van der Waals surface area contributed by atoms with Crippen LogP contribution in [-0.2, 0) is 14.3 Å². The number of hydrogen-bond acceptors (Lipinski definition) is 5. The molecule has 0 aliphatic heterocycles. The van der Waals surface area contributed by atoms with Gasteiger partial charge in [-0.25, -0.2) is 0 Å². The highest BCUT2D eigenvalue weighted by Crippen LogP contribution is 2.19. The molecule has 0 radical (unpaired) electrons. The summed E-state index contributed by atoms with van der Waals surface area (Å²) < 4.78 is 5.49. The quantitative estimate of drug-likeness (QED) is 0.0320. The van der Waals surface area contributed by atoms with E-state index in [1.54, 1.807) is 6.08 Å². The maximum atomic E-state index is 12.5. The van der Waals surface area contributed by atoms with Gasteiger partial charge < -0.3 is 20.3 Å². The Balaban J connectivity index is 3.44. The Morgan fingerprint density at radius 3 is 0.922 bits per heavy atom. The van der Waals surface area contributed by atoms with Crippen LogP contribution in [0.3, 0.4) is 0 Å². The molecule has 0 rings (SSSR count). The number of esters is 1. The summed E-state index contributed by atoms with van der Waals surface area (Å²) in [6, 6.07) is -0.635. The summed E-state index contributed by atoms with van der Waals surface area (Å²) in [6.07, 6.45) is 83.9. The van der Waals surface area contributed by atoms with Crippen molar-refractivity contribution in [3.8, 4) is 0 Å². The van der Waals surface area contributed by atoms with Crippen LogP contribution in [0.5, 0.6) is 0 Å². The minimum atomic E-state index is -0.851. The van der Waals surface area contributed by atoms with E-state index < -0.39 is 12.1 Å². The summed E-state index contributed by atoms with van der Waals surface area (Å²) >= 11 is 0. The number of hydrogen-bond donors (Lipinski definition) is 3. The van der Waals surface area contributed by atoms with Gasteiger partial charge in [-0.1, -0.05) is 346 Å². The lowest BCUT2D eigenvalue weighted by Crippen LogP contribution is -2.45. The lowest BCUT2D eigenvalue weighted by molar-refractivity contribution is -0.143. The highest BCUT2D eigenvalue weighted by Gasteiger charge is 2.18. The second-order valence-electron chi connectivity index (χ2n) is 24.2. The van der Waals surface area contributed by atoms with Crippen LogP contribution < -0.4 is 5.32 Å². The van der Waals surface area contributed by atoms with Gasteiger partial charge >= 0.3 is 5.97 Å². The summed E-state index contributed by atoms with van der Waals surface area (Å²) in [7, 11) is 0. The molecule has 2 atom stereocenters. The number of carbonyl (C=O) groups is 2. The fourth-order valence-electron chi connectivity index (χ4n) is 11.1. The van der Waals surface area contributed by atoms with Crippen molar-refractivity contribution < 1.29 is 24.5 Å². The fourth-order valence-corrected chi connectivity index (χ4v) is 11.1. The number of allylic oxidation sites excluding steroid dienone is 3. The van der Waals surface area contributed by atoms with Crippen LogP contribution in [0.15, 0.2) is 24.3 Å². The molecule has 1 amide bonds. The van der Waals surface area contributed by atoms with Gasteiger partial charge in [0.25, 0.3) is 0 Å². The van der Waals surface area contributed by atoms with Crippen LogP contribution in [0, 0.1) is 0 Å². The lowest BCUT2D eigenvalue weighted by Gasteiger charge is -2.20. The summed E-state index contributed by atoms with van der Waals surface area (Å²) in [4.78, 5) is 24.6. The van der Waals surface area contributed by atoms with Crippen molar-refractivity contribution in [2.24, 2.45) is 0 Å². The van der Waals surface area contributed by atoms with Gasteiger partial charge in [0.1, 0.15) is 0 Å². The van der Waals surface area contributed by atoms with Gasteiger partial charge in [-0.2, -0.15) is 0 Å². The van der Waals surface area contributed by atoms with Crippen LogP contribution in [0.2, 0.25) is 0 Å². The average molecular weight is 1080 g/mol. The molecule has 0 aromatic carbocycles. The Bertz CT molecular complexity index is 1200. The van der Waals surface area contributed by atoms with E-state index in [0.717, 1.165) is 44.9 Å². The number of aliphatic hydroxyl groups is 2. The second kappa shape index (κ2) is 66.8. The van der Waals surface area contributed by atoms with Crippen molar-refractivity contribution in [3.05, 3.63) is 24.3 Å². The Kier molecular flexibility index (Phi) is 65.4. The number of carbonyl (C=O) groups excluding carboxylic acids is 2. The minimum absolute atomic E-state index is 0.0107. The zero-order chi connectivity index (χ0) is 55.7. The predicted molar refractivity (Wildman–Crippen MR) is 338 cm³/mol. The smallest absolute Gasteiger partial charge is 0.305 e. The summed E-state index contributed by atoms with van der Waals surface area (Å²) in [6.45, 7) is 4.94. The Morgan fingerprint density at radius 2 is 0.610 bits per heavy atom. The van der Waals surface area contributed by atoms with Crippen molar-refractivity contribution >= 4 is 11.9 Å². The molecule has 2 unspecified atom stereocenters. The van der Waals surface area contributed by atoms with Gasteiger partial charge in [-0.05, 0) is 57.8 Å². The minimum Gasteiger partial charge on any atom is -0.466 e. The first-order valence-corrected chi connectivity index (χ1v) is 35.1. The first-order valence-electron chi connectivity index (χ1n) is 35.1. The molecule has 0 aromatic rings. The normalized spacial score (nSPS) is 12.6. The van der Waals surface area contributed by atoms with Crippen molar-refractivity contribution in [2.75, 3.05) is 13.2 Å². The summed E-state index contributed by atoms with van der Waals surface area (Å²) in [5, 5.41) is 23.3. The number of unbranched alkanes of at least 4 members (excludes halogenated alkanes) is 53. The molecule has 0 saturated carbocycles. The summed E-state index contributed by atoms with van der Waals surface area (Å²) in [5.74, 6) is -0.0605. The average Bonchev–Trinajstić information content (AvgIpc) is 3.43. The van der Waals surface area contributed by atoms with Gasteiger partial charge in [0.05, 0.1) is 25.4 Å². The largest absolute Gasteiger partial charge is 0.466 e. The van der Waals surface area contributed by atoms with Gasteiger partial charge in [-0.3, -0.25) is 9.59 Å². The molecular weight excluding hydrogens is 947 g/mol. The number of amides is 1. The second-order valence-corrected chi connectivity index (χ2v) is 24.2. The van der Waals surface area contributed by atoms with Crippen molar-refractivity contribution in [3.63, 3.8) is 0 Å². The van der Waals surface area contributed by atoms with Crippen molar-refractivity contribution in [2.45, 2.75) is 405 Å². The molecule has 6 heteroatoms. The highest BCUT2D eigenvalue weighted by molar-refractivity contribution is 5.76. The van der Waals surface area contributed by atoms with E-state index >= 15 is 0 Å². The maximum absolute atomic E-state index is 12.5. The molecule has 0 aromatic heterocycles. The monoisotopic (exact) mass is 1080 g/mol. The Morgan fingerprint density at radius 1 is 0.351 bits per heavy atom. The fraction of sp³-hybridized carbons (Fsp3) is 0.915. The molecule has 0 spiro atoms. The van der Waals surface area contributed by atoms with Crippen LogP contribution in [-0.4, -0.2) is 47.4 Å². The molecule has 77 heavy (non-hydrogen) atoms. The van der Waals surface area contributed by atoms with Crippen LogP contribution in [0.4, 0.5) is 0 Å².